The third-order valence-corrected chi connectivity index (χ3v) is 1.73. The zero-order chi connectivity index (χ0) is 7.40. The van der Waals surface area contributed by atoms with Gasteiger partial charge >= 0.3 is 0 Å². The van der Waals surface area contributed by atoms with Crippen LogP contribution in [0, 0.1) is 0 Å². The molecule has 0 radical (unpaired) electrons. The van der Waals surface area contributed by atoms with Gasteiger partial charge in [0.1, 0.15) is 0 Å². The van der Waals surface area contributed by atoms with Gasteiger partial charge in [0.25, 0.3) is 0 Å². The van der Waals surface area contributed by atoms with E-state index in [2.05, 4.69) is 17.9 Å². The highest BCUT2D eigenvalue weighted by atomic mass is 32.1. The zero-order valence-corrected chi connectivity index (χ0v) is 6.56. The van der Waals surface area contributed by atoms with E-state index in [4.69, 9.17) is 4.74 Å². The standard InChI is InChI=1S/C6H11NO2S/c8-6(4-10)7-5-1-2-9-3-5/h5,10H,1-4H2,(H,7,8). The summed E-state index contributed by atoms with van der Waals surface area (Å²) in [5.74, 6) is 0.245. The molecule has 0 aliphatic carbocycles. The Kier molecular flexibility index (Phi) is 3.02. The van der Waals surface area contributed by atoms with Crippen LogP contribution in [0.15, 0.2) is 0 Å². The summed E-state index contributed by atoms with van der Waals surface area (Å²) in [4.78, 5) is 10.7. The van der Waals surface area contributed by atoms with Gasteiger partial charge in [-0.2, -0.15) is 12.6 Å². The molecule has 1 fully saturated rings. The van der Waals surface area contributed by atoms with Crippen LogP contribution in [0.1, 0.15) is 6.42 Å². The fourth-order valence-electron chi connectivity index (χ4n) is 0.922. The van der Waals surface area contributed by atoms with E-state index in [0.29, 0.717) is 6.61 Å². The van der Waals surface area contributed by atoms with Crippen molar-refractivity contribution in [1.82, 2.24) is 5.32 Å². The summed E-state index contributed by atoms with van der Waals surface area (Å²) < 4.78 is 5.06. The maximum Gasteiger partial charge on any atom is 0.230 e. The Morgan fingerprint density at radius 3 is 3.10 bits per heavy atom. The molecule has 10 heavy (non-hydrogen) atoms. The topological polar surface area (TPSA) is 38.3 Å². The summed E-state index contributed by atoms with van der Waals surface area (Å²) in [5, 5.41) is 2.79. The number of hydrogen-bond acceptors (Lipinski definition) is 3. The van der Waals surface area contributed by atoms with Gasteiger partial charge in [0, 0.05) is 6.61 Å². The Labute approximate surface area is 65.5 Å². The summed E-state index contributed by atoms with van der Waals surface area (Å²) >= 11 is 3.84. The normalized spacial score (nSPS) is 24.7. The molecule has 0 aromatic heterocycles. The SMILES string of the molecule is O=C(CS)NC1CCOC1. The van der Waals surface area contributed by atoms with Gasteiger partial charge in [-0.3, -0.25) is 4.79 Å². The Morgan fingerprint density at radius 2 is 2.60 bits per heavy atom. The zero-order valence-electron chi connectivity index (χ0n) is 5.67. The molecule has 4 heteroatoms. The van der Waals surface area contributed by atoms with Gasteiger partial charge in [-0.25, -0.2) is 0 Å². The van der Waals surface area contributed by atoms with Gasteiger partial charge < -0.3 is 10.1 Å². The van der Waals surface area contributed by atoms with Crippen molar-refractivity contribution in [2.45, 2.75) is 12.5 Å². The minimum absolute atomic E-state index is 0.0150. The molecule has 3 nitrogen and oxygen atoms in total. The molecule has 0 bridgehead atoms. The van der Waals surface area contributed by atoms with Crippen molar-refractivity contribution in [2.75, 3.05) is 19.0 Å². The highest BCUT2D eigenvalue weighted by Gasteiger charge is 2.16. The summed E-state index contributed by atoms with van der Waals surface area (Å²) in [5.41, 5.74) is 0. The molecule has 1 unspecified atom stereocenters. The van der Waals surface area contributed by atoms with Crippen molar-refractivity contribution >= 4 is 18.5 Å². The molecule has 0 saturated carbocycles. The predicted molar refractivity (Wildman–Crippen MR) is 41.2 cm³/mol. The van der Waals surface area contributed by atoms with Crippen LogP contribution < -0.4 is 5.32 Å². The molecule has 1 saturated heterocycles. The summed E-state index contributed by atoms with van der Waals surface area (Å²) in [6, 6.07) is 0.222. The van der Waals surface area contributed by atoms with E-state index >= 15 is 0 Å². The van der Waals surface area contributed by atoms with Gasteiger partial charge in [0.2, 0.25) is 5.91 Å². The molecule has 1 atom stereocenters. The lowest BCUT2D eigenvalue weighted by Crippen LogP contribution is -2.35. The Hall–Kier alpha value is -0.220. The van der Waals surface area contributed by atoms with Crippen molar-refractivity contribution in [3.05, 3.63) is 0 Å². The smallest absolute Gasteiger partial charge is 0.230 e. The van der Waals surface area contributed by atoms with E-state index in [1.54, 1.807) is 0 Å². The van der Waals surface area contributed by atoms with E-state index in [0.717, 1.165) is 13.0 Å². The third-order valence-electron chi connectivity index (χ3n) is 1.44. The van der Waals surface area contributed by atoms with Gasteiger partial charge in [0.15, 0.2) is 0 Å². The molecule has 1 aliphatic rings. The van der Waals surface area contributed by atoms with Crippen molar-refractivity contribution < 1.29 is 9.53 Å². The number of hydrogen-bond donors (Lipinski definition) is 2. The first-order chi connectivity index (χ1) is 4.83. The van der Waals surface area contributed by atoms with E-state index in [-0.39, 0.29) is 17.7 Å². The molecule has 0 aromatic carbocycles. The highest BCUT2D eigenvalue weighted by Crippen LogP contribution is 2.02. The molecular formula is C6H11NO2S. The van der Waals surface area contributed by atoms with Gasteiger partial charge in [-0.05, 0) is 6.42 Å². The number of ether oxygens (including phenoxy) is 1. The van der Waals surface area contributed by atoms with Crippen molar-refractivity contribution in [3.63, 3.8) is 0 Å². The number of thiol groups is 1. The summed E-state index contributed by atoms with van der Waals surface area (Å²) in [7, 11) is 0. The molecule has 1 aliphatic heterocycles. The lowest BCUT2D eigenvalue weighted by atomic mass is 10.3. The second-order valence-electron chi connectivity index (χ2n) is 2.29. The van der Waals surface area contributed by atoms with Crippen LogP contribution in [0.2, 0.25) is 0 Å². The Morgan fingerprint density at radius 1 is 1.80 bits per heavy atom. The van der Waals surface area contributed by atoms with Crippen molar-refractivity contribution in [1.29, 1.82) is 0 Å². The minimum Gasteiger partial charge on any atom is -0.379 e. The number of amides is 1. The van der Waals surface area contributed by atoms with Crippen molar-refractivity contribution in [2.24, 2.45) is 0 Å². The Bertz CT molecular complexity index is 123. The minimum atomic E-state index is -0.0150. The lowest BCUT2D eigenvalue weighted by molar-refractivity contribution is -0.119. The maximum atomic E-state index is 10.7. The molecule has 1 amide bonds. The second-order valence-corrected chi connectivity index (χ2v) is 2.60. The fourth-order valence-corrected chi connectivity index (χ4v) is 1.01. The first-order valence-electron chi connectivity index (χ1n) is 3.31. The van der Waals surface area contributed by atoms with E-state index in [1.807, 2.05) is 0 Å². The average Bonchev–Trinajstić information content (AvgIpc) is 2.40. The number of nitrogens with one attached hydrogen (secondary N) is 1. The van der Waals surface area contributed by atoms with Crippen LogP contribution >= 0.6 is 12.6 Å². The first kappa shape index (κ1) is 7.88. The molecule has 0 aromatic rings. The largest absolute Gasteiger partial charge is 0.379 e. The first-order valence-corrected chi connectivity index (χ1v) is 3.94. The number of rotatable bonds is 2. The summed E-state index contributed by atoms with van der Waals surface area (Å²) in [6.07, 6.45) is 0.930. The van der Waals surface area contributed by atoms with E-state index in [9.17, 15) is 4.79 Å². The van der Waals surface area contributed by atoms with Crippen molar-refractivity contribution in [3.8, 4) is 0 Å². The van der Waals surface area contributed by atoms with Gasteiger partial charge in [0.05, 0.1) is 18.4 Å². The maximum absolute atomic E-state index is 10.7. The highest BCUT2D eigenvalue weighted by molar-refractivity contribution is 7.81. The van der Waals surface area contributed by atoms with Crippen LogP contribution in [0.3, 0.4) is 0 Å². The van der Waals surface area contributed by atoms with Gasteiger partial charge in [-0.15, -0.1) is 0 Å². The second kappa shape index (κ2) is 3.83. The molecule has 0 spiro atoms. The molecular weight excluding hydrogens is 150 g/mol. The lowest BCUT2D eigenvalue weighted by Gasteiger charge is -2.07. The van der Waals surface area contributed by atoms with Crippen LogP contribution in [0.5, 0.6) is 0 Å². The van der Waals surface area contributed by atoms with Crippen LogP contribution in [0.25, 0.3) is 0 Å². The predicted octanol–water partition coefficient (Wildman–Crippen LogP) is -0.179. The third kappa shape index (κ3) is 2.19. The van der Waals surface area contributed by atoms with Crippen LogP contribution in [0.4, 0.5) is 0 Å². The molecule has 1 N–H and O–H groups in total. The molecule has 1 heterocycles. The van der Waals surface area contributed by atoms with Crippen LogP contribution in [-0.2, 0) is 9.53 Å². The monoisotopic (exact) mass is 161 g/mol. The molecule has 58 valence electrons. The summed E-state index contributed by atoms with van der Waals surface area (Å²) in [6.45, 7) is 1.41. The molecule has 1 rings (SSSR count). The Balaban J connectivity index is 2.17. The van der Waals surface area contributed by atoms with E-state index < -0.39 is 0 Å². The fraction of sp³-hybridized carbons (Fsp3) is 0.833. The number of carbonyl (C=O) groups is 1. The van der Waals surface area contributed by atoms with E-state index in [1.165, 1.54) is 0 Å². The van der Waals surface area contributed by atoms with Gasteiger partial charge in [-0.1, -0.05) is 0 Å². The van der Waals surface area contributed by atoms with Crippen LogP contribution in [-0.4, -0.2) is 30.9 Å². The quantitative estimate of drug-likeness (QED) is 0.551. The average molecular weight is 161 g/mol. The number of carbonyl (C=O) groups excluding carboxylic acids is 1.